The maximum Gasteiger partial charge on any atom is 0.331 e. The fourth-order valence-corrected chi connectivity index (χ4v) is 1.22. The standard InChI is InChI=1S/C11H15N3O3/c1-4-17-9(15)5-7(2)10-11(12)14-8(16-3)6-13-10/h5-6H,4H2,1-3H3,(H2,12,14)/b7-5+. The van der Waals surface area contributed by atoms with Crippen molar-refractivity contribution < 1.29 is 14.3 Å². The number of hydrogen-bond donors (Lipinski definition) is 1. The first-order valence-corrected chi connectivity index (χ1v) is 5.10. The molecule has 2 N–H and O–H groups in total. The minimum Gasteiger partial charge on any atom is -0.480 e. The fraction of sp³-hybridized carbons (Fsp3) is 0.364. The van der Waals surface area contributed by atoms with Gasteiger partial charge in [-0.05, 0) is 19.4 Å². The molecule has 1 aromatic heterocycles. The van der Waals surface area contributed by atoms with E-state index in [1.807, 2.05) is 0 Å². The molecule has 0 aliphatic carbocycles. The summed E-state index contributed by atoms with van der Waals surface area (Å²) in [5.74, 6) is 0.111. The largest absolute Gasteiger partial charge is 0.480 e. The highest BCUT2D eigenvalue weighted by atomic mass is 16.5. The third-order valence-electron chi connectivity index (χ3n) is 1.98. The Hall–Kier alpha value is -2.11. The van der Waals surface area contributed by atoms with E-state index in [1.54, 1.807) is 13.8 Å². The lowest BCUT2D eigenvalue weighted by Gasteiger charge is -2.05. The predicted molar refractivity (Wildman–Crippen MR) is 63.3 cm³/mol. The van der Waals surface area contributed by atoms with Gasteiger partial charge in [0.25, 0.3) is 0 Å². The Morgan fingerprint density at radius 2 is 2.29 bits per heavy atom. The third-order valence-corrected chi connectivity index (χ3v) is 1.98. The van der Waals surface area contributed by atoms with E-state index >= 15 is 0 Å². The van der Waals surface area contributed by atoms with Gasteiger partial charge in [-0.15, -0.1) is 0 Å². The highest BCUT2D eigenvalue weighted by Crippen LogP contribution is 2.19. The topological polar surface area (TPSA) is 87.3 Å². The number of rotatable bonds is 4. The van der Waals surface area contributed by atoms with Crippen LogP contribution in [-0.2, 0) is 9.53 Å². The van der Waals surface area contributed by atoms with E-state index in [1.165, 1.54) is 19.4 Å². The molecule has 0 unspecified atom stereocenters. The summed E-state index contributed by atoms with van der Waals surface area (Å²) in [7, 11) is 1.48. The maximum atomic E-state index is 11.2. The van der Waals surface area contributed by atoms with Crippen molar-refractivity contribution in [1.82, 2.24) is 9.97 Å². The molecule has 0 radical (unpaired) electrons. The van der Waals surface area contributed by atoms with E-state index < -0.39 is 5.97 Å². The second kappa shape index (κ2) is 5.83. The van der Waals surface area contributed by atoms with Gasteiger partial charge in [-0.3, -0.25) is 0 Å². The molecule has 0 aromatic carbocycles. The molecule has 1 aromatic rings. The number of ether oxygens (including phenoxy) is 2. The van der Waals surface area contributed by atoms with Gasteiger partial charge < -0.3 is 15.2 Å². The van der Waals surface area contributed by atoms with Crippen LogP contribution in [0.2, 0.25) is 0 Å². The highest BCUT2D eigenvalue weighted by molar-refractivity contribution is 5.91. The molecule has 0 aliphatic heterocycles. The van der Waals surface area contributed by atoms with Crippen molar-refractivity contribution in [3.8, 4) is 5.88 Å². The Morgan fingerprint density at radius 3 is 2.82 bits per heavy atom. The lowest BCUT2D eigenvalue weighted by atomic mass is 10.2. The van der Waals surface area contributed by atoms with Crippen LogP contribution in [0.3, 0.4) is 0 Å². The van der Waals surface area contributed by atoms with Gasteiger partial charge in [-0.1, -0.05) is 0 Å². The number of carbonyl (C=O) groups excluding carboxylic acids is 1. The molecule has 0 saturated carbocycles. The molecule has 0 fully saturated rings. The zero-order valence-electron chi connectivity index (χ0n) is 10.1. The highest BCUT2D eigenvalue weighted by Gasteiger charge is 2.08. The number of esters is 1. The number of carbonyl (C=O) groups is 1. The molecular formula is C11H15N3O3. The van der Waals surface area contributed by atoms with Gasteiger partial charge >= 0.3 is 5.97 Å². The normalized spacial score (nSPS) is 11.1. The van der Waals surface area contributed by atoms with Crippen LogP contribution in [0.1, 0.15) is 19.5 Å². The van der Waals surface area contributed by atoms with E-state index in [9.17, 15) is 4.79 Å². The molecule has 92 valence electrons. The van der Waals surface area contributed by atoms with Crippen LogP contribution in [0.5, 0.6) is 5.88 Å². The van der Waals surface area contributed by atoms with Gasteiger partial charge in [0, 0.05) is 6.08 Å². The van der Waals surface area contributed by atoms with Crippen LogP contribution in [-0.4, -0.2) is 29.7 Å². The van der Waals surface area contributed by atoms with Crippen LogP contribution >= 0.6 is 0 Å². The van der Waals surface area contributed by atoms with Gasteiger partial charge in [0.2, 0.25) is 5.88 Å². The number of nitrogens with zero attached hydrogens (tertiary/aromatic N) is 2. The van der Waals surface area contributed by atoms with Gasteiger partial charge in [0.05, 0.1) is 19.9 Å². The molecule has 0 aliphatic rings. The second-order valence-electron chi connectivity index (χ2n) is 3.23. The lowest BCUT2D eigenvalue weighted by Crippen LogP contribution is -2.04. The predicted octanol–water partition coefficient (Wildman–Crippen LogP) is 1.03. The van der Waals surface area contributed by atoms with Crippen molar-refractivity contribution in [3.63, 3.8) is 0 Å². The van der Waals surface area contributed by atoms with E-state index in [2.05, 4.69) is 9.97 Å². The molecule has 17 heavy (non-hydrogen) atoms. The summed E-state index contributed by atoms with van der Waals surface area (Å²) in [6.07, 6.45) is 2.77. The molecule has 1 rings (SSSR count). The Morgan fingerprint density at radius 1 is 1.59 bits per heavy atom. The Labute approximate surface area is 99.5 Å². The lowest BCUT2D eigenvalue weighted by molar-refractivity contribution is -0.137. The summed E-state index contributed by atoms with van der Waals surface area (Å²) in [4.78, 5) is 19.3. The quantitative estimate of drug-likeness (QED) is 0.621. The SMILES string of the molecule is CCOC(=O)/C=C(\C)c1ncc(OC)nc1N. The van der Waals surface area contributed by atoms with Crippen molar-refractivity contribution in [3.05, 3.63) is 18.0 Å². The summed E-state index contributed by atoms with van der Waals surface area (Å²) in [5, 5.41) is 0. The van der Waals surface area contributed by atoms with E-state index in [0.717, 1.165) is 0 Å². The van der Waals surface area contributed by atoms with Gasteiger partial charge in [0.1, 0.15) is 5.69 Å². The van der Waals surface area contributed by atoms with Crippen LogP contribution in [0.4, 0.5) is 5.82 Å². The zero-order valence-corrected chi connectivity index (χ0v) is 10.1. The number of nitrogen functional groups attached to an aromatic ring is 1. The second-order valence-corrected chi connectivity index (χ2v) is 3.23. The molecule has 0 bridgehead atoms. The first kappa shape index (κ1) is 13.0. The molecule has 0 amide bonds. The average molecular weight is 237 g/mol. The van der Waals surface area contributed by atoms with Gasteiger partial charge in [0.15, 0.2) is 5.82 Å². The number of aromatic nitrogens is 2. The molecule has 6 nitrogen and oxygen atoms in total. The Kier molecular flexibility index (Phi) is 4.45. The van der Waals surface area contributed by atoms with Gasteiger partial charge in [-0.2, -0.15) is 4.98 Å². The van der Waals surface area contributed by atoms with Crippen molar-refractivity contribution in [2.24, 2.45) is 0 Å². The summed E-state index contributed by atoms with van der Waals surface area (Å²) in [6.45, 7) is 3.78. The smallest absolute Gasteiger partial charge is 0.331 e. The maximum absolute atomic E-state index is 11.2. The summed E-state index contributed by atoms with van der Waals surface area (Å²) < 4.78 is 9.67. The van der Waals surface area contributed by atoms with Crippen molar-refractivity contribution in [1.29, 1.82) is 0 Å². The van der Waals surface area contributed by atoms with Crippen molar-refractivity contribution >= 4 is 17.4 Å². The van der Waals surface area contributed by atoms with Crippen molar-refractivity contribution in [2.45, 2.75) is 13.8 Å². The Bertz CT molecular complexity index is 444. The molecule has 0 saturated heterocycles. The number of methoxy groups -OCH3 is 1. The first-order chi connectivity index (χ1) is 8.08. The van der Waals surface area contributed by atoms with E-state index in [-0.39, 0.29) is 5.82 Å². The van der Waals surface area contributed by atoms with Crippen LogP contribution in [0.25, 0.3) is 5.57 Å². The number of hydrogen-bond acceptors (Lipinski definition) is 6. The Balaban J connectivity index is 2.96. The molecule has 1 heterocycles. The number of nitrogens with two attached hydrogens (primary N) is 1. The molecule has 6 heteroatoms. The summed E-state index contributed by atoms with van der Waals surface area (Å²) >= 11 is 0. The number of allylic oxidation sites excluding steroid dienone is 1. The molecule has 0 spiro atoms. The minimum absolute atomic E-state index is 0.211. The van der Waals surface area contributed by atoms with Crippen LogP contribution in [0.15, 0.2) is 12.3 Å². The zero-order chi connectivity index (χ0) is 12.8. The fourth-order valence-electron chi connectivity index (χ4n) is 1.22. The van der Waals surface area contributed by atoms with E-state index in [4.69, 9.17) is 15.2 Å². The monoisotopic (exact) mass is 237 g/mol. The number of anilines is 1. The first-order valence-electron chi connectivity index (χ1n) is 5.10. The summed E-state index contributed by atoms with van der Waals surface area (Å²) in [5.41, 5.74) is 6.74. The molecule has 0 atom stereocenters. The van der Waals surface area contributed by atoms with Crippen LogP contribution in [0, 0.1) is 0 Å². The molecular weight excluding hydrogens is 222 g/mol. The van der Waals surface area contributed by atoms with Crippen LogP contribution < -0.4 is 10.5 Å². The summed E-state index contributed by atoms with van der Waals surface area (Å²) in [6, 6.07) is 0. The minimum atomic E-state index is -0.429. The van der Waals surface area contributed by atoms with Gasteiger partial charge in [-0.25, -0.2) is 9.78 Å². The third kappa shape index (κ3) is 3.44. The van der Waals surface area contributed by atoms with Crippen molar-refractivity contribution in [2.75, 3.05) is 19.5 Å². The average Bonchev–Trinajstić information content (AvgIpc) is 2.28. The van der Waals surface area contributed by atoms with E-state index in [0.29, 0.717) is 23.8 Å².